The number of likely N-dealkylation sites (tertiary alicyclic amines) is 1. The maximum Gasteiger partial charge on any atom is 0.223 e. The van der Waals surface area contributed by atoms with E-state index in [1.807, 2.05) is 12.1 Å². The summed E-state index contributed by atoms with van der Waals surface area (Å²) in [5.74, 6) is 0.350. The summed E-state index contributed by atoms with van der Waals surface area (Å²) in [6.45, 7) is 5.44. The first-order valence-electron chi connectivity index (χ1n) is 10.8. The van der Waals surface area contributed by atoms with E-state index in [1.165, 1.54) is 29.2 Å². The van der Waals surface area contributed by atoms with Crippen molar-refractivity contribution in [1.29, 1.82) is 0 Å². The topological polar surface area (TPSA) is 52.6 Å². The molecule has 28 heavy (non-hydrogen) atoms. The summed E-state index contributed by atoms with van der Waals surface area (Å²) in [6, 6.07) is 14.7. The zero-order valence-corrected chi connectivity index (χ0v) is 17.1. The molecule has 0 radical (unpaired) electrons. The fourth-order valence-electron chi connectivity index (χ4n) is 4.11. The Morgan fingerprint density at radius 1 is 1.14 bits per heavy atom. The van der Waals surface area contributed by atoms with Gasteiger partial charge in [-0.1, -0.05) is 62.2 Å². The Labute approximate surface area is 168 Å². The highest BCUT2D eigenvalue weighted by molar-refractivity contribution is 5.83. The third-order valence-corrected chi connectivity index (χ3v) is 5.79. The van der Waals surface area contributed by atoms with Gasteiger partial charge in [0.2, 0.25) is 5.91 Å². The molecule has 1 aliphatic heterocycles. The van der Waals surface area contributed by atoms with E-state index in [4.69, 9.17) is 0 Å². The SMILES string of the molecule is CCCCCNC(=O)C1CCN(C[C@H](O)Cc2ccc3ccccc3c2)CC1. The molecule has 0 saturated carbocycles. The zero-order chi connectivity index (χ0) is 19.8. The van der Waals surface area contributed by atoms with Crippen molar-refractivity contribution in [3.63, 3.8) is 0 Å². The Morgan fingerprint density at radius 3 is 2.64 bits per heavy atom. The molecular weight excluding hydrogens is 348 g/mol. The molecule has 0 aromatic heterocycles. The lowest BCUT2D eigenvalue weighted by molar-refractivity contribution is -0.126. The second kappa shape index (κ2) is 10.6. The minimum absolute atomic E-state index is 0.135. The Hall–Kier alpha value is -1.91. The van der Waals surface area contributed by atoms with E-state index >= 15 is 0 Å². The van der Waals surface area contributed by atoms with Crippen LogP contribution in [0, 0.1) is 5.92 Å². The predicted molar refractivity (Wildman–Crippen MR) is 115 cm³/mol. The van der Waals surface area contributed by atoms with Crippen LogP contribution in [-0.2, 0) is 11.2 Å². The molecule has 1 fully saturated rings. The maximum atomic E-state index is 12.3. The van der Waals surface area contributed by atoms with Crippen LogP contribution in [0.25, 0.3) is 10.8 Å². The van der Waals surface area contributed by atoms with E-state index in [0.29, 0.717) is 13.0 Å². The molecule has 4 heteroatoms. The number of carbonyl (C=O) groups is 1. The lowest BCUT2D eigenvalue weighted by Crippen LogP contribution is -2.43. The van der Waals surface area contributed by atoms with Crippen LogP contribution in [0.1, 0.15) is 44.6 Å². The second-order valence-electron chi connectivity index (χ2n) is 8.11. The number of aliphatic hydroxyl groups excluding tert-OH is 1. The van der Waals surface area contributed by atoms with Crippen LogP contribution in [0.5, 0.6) is 0 Å². The number of fused-ring (bicyclic) bond motifs is 1. The minimum Gasteiger partial charge on any atom is -0.391 e. The molecule has 1 heterocycles. The van der Waals surface area contributed by atoms with E-state index in [0.717, 1.165) is 38.9 Å². The Balaban J connectivity index is 1.40. The standard InChI is InChI=1S/C24H34N2O2/c1-2-3-6-13-25-24(28)21-11-14-26(15-12-21)18-23(27)17-19-9-10-20-7-4-5-8-22(20)16-19/h4-5,7-10,16,21,23,27H,2-3,6,11-15,17-18H2,1H3,(H,25,28)/t23-/m1/s1. The fourth-order valence-corrected chi connectivity index (χ4v) is 4.11. The van der Waals surface area contributed by atoms with Crippen LogP contribution in [0.2, 0.25) is 0 Å². The third kappa shape index (κ3) is 6.05. The van der Waals surface area contributed by atoms with Crippen LogP contribution >= 0.6 is 0 Å². The summed E-state index contributed by atoms with van der Waals surface area (Å²) < 4.78 is 0. The predicted octanol–water partition coefficient (Wildman–Crippen LogP) is 3.76. The Morgan fingerprint density at radius 2 is 1.89 bits per heavy atom. The summed E-state index contributed by atoms with van der Waals surface area (Å²) in [5.41, 5.74) is 1.17. The van der Waals surface area contributed by atoms with Crippen LogP contribution < -0.4 is 5.32 Å². The van der Waals surface area contributed by atoms with Gasteiger partial charge in [-0.15, -0.1) is 0 Å². The molecule has 2 aromatic rings. The molecule has 0 unspecified atom stereocenters. The molecule has 0 bridgehead atoms. The minimum atomic E-state index is -0.374. The highest BCUT2D eigenvalue weighted by Crippen LogP contribution is 2.20. The molecule has 0 spiro atoms. The van der Waals surface area contributed by atoms with E-state index in [2.05, 4.69) is 47.5 Å². The van der Waals surface area contributed by atoms with E-state index < -0.39 is 0 Å². The van der Waals surface area contributed by atoms with Crippen LogP contribution in [0.15, 0.2) is 42.5 Å². The van der Waals surface area contributed by atoms with Crippen molar-refractivity contribution in [2.45, 2.75) is 51.6 Å². The van der Waals surface area contributed by atoms with Crippen LogP contribution in [-0.4, -0.2) is 48.2 Å². The smallest absolute Gasteiger partial charge is 0.223 e. The van der Waals surface area contributed by atoms with Crippen molar-refractivity contribution in [3.05, 3.63) is 48.0 Å². The van der Waals surface area contributed by atoms with Gasteiger partial charge in [0.15, 0.2) is 0 Å². The van der Waals surface area contributed by atoms with Gasteiger partial charge in [-0.3, -0.25) is 4.79 Å². The van der Waals surface area contributed by atoms with Gasteiger partial charge in [0.1, 0.15) is 0 Å². The first-order valence-corrected chi connectivity index (χ1v) is 10.8. The average molecular weight is 383 g/mol. The number of benzene rings is 2. The summed E-state index contributed by atoms with van der Waals surface area (Å²) in [4.78, 5) is 14.6. The van der Waals surface area contributed by atoms with Gasteiger partial charge in [0.05, 0.1) is 6.10 Å². The van der Waals surface area contributed by atoms with Crippen molar-refractivity contribution >= 4 is 16.7 Å². The van der Waals surface area contributed by atoms with Gasteiger partial charge in [0, 0.05) is 19.0 Å². The summed E-state index contributed by atoms with van der Waals surface area (Å²) in [7, 11) is 0. The Kier molecular flexibility index (Phi) is 7.87. The fraction of sp³-hybridized carbons (Fsp3) is 0.542. The monoisotopic (exact) mass is 382 g/mol. The number of hydrogen-bond acceptors (Lipinski definition) is 3. The second-order valence-corrected chi connectivity index (χ2v) is 8.11. The van der Waals surface area contributed by atoms with Gasteiger partial charge in [-0.05, 0) is 55.1 Å². The lowest BCUT2D eigenvalue weighted by Gasteiger charge is -2.32. The zero-order valence-electron chi connectivity index (χ0n) is 17.1. The number of β-amino-alcohol motifs (C(OH)–C–C–N with tert-alkyl or cyclic N) is 1. The highest BCUT2D eigenvalue weighted by atomic mass is 16.3. The van der Waals surface area contributed by atoms with Crippen molar-refractivity contribution < 1.29 is 9.90 Å². The first-order chi connectivity index (χ1) is 13.7. The largest absolute Gasteiger partial charge is 0.391 e. The number of rotatable bonds is 9. The Bertz CT molecular complexity index is 753. The van der Waals surface area contributed by atoms with Crippen LogP contribution in [0.4, 0.5) is 0 Å². The van der Waals surface area contributed by atoms with E-state index in [9.17, 15) is 9.90 Å². The summed E-state index contributed by atoms with van der Waals surface area (Å²) in [6.07, 6.45) is 5.50. The molecular formula is C24H34N2O2. The van der Waals surface area contributed by atoms with E-state index in [-0.39, 0.29) is 17.9 Å². The number of piperidine rings is 1. The number of nitrogens with one attached hydrogen (secondary N) is 1. The van der Waals surface area contributed by atoms with Gasteiger partial charge in [-0.2, -0.15) is 0 Å². The number of carbonyl (C=O) groups excluding carboxylic acids is 1. The summed E-state index contributed by atoms with van der Waals surface area (Å²) in [5, 5.41) is 16.1. The number of hydrogen-bond donors (Lipinski definition) is 2. The molecule has 1 saturated heterocycles. The first kappa shape index (κ1) is 20.8. The molecule has 1 atom stereocenters. The molecule has 0 aliphatic carbocycles. The van der Waals surface area contributed by atoms with Gasteiger partial charge in [0.25, 0.3) is 0 Å². The highest BCUT2D eigenvalue weighted by Gasteiger charge is 2.25. The summed E-state index contributed by atoms with van der Waals surface area (Å²) >= 11 is 0. The maximum absolute atomic E-state index is 12.3. The lowest BCUT2D eigenvalue weighted by atomic mass is 9.95. The molecule has 1 amide bonds. The van der Waals surface area contributed by atoms with Crippen molar-refractivity contribution in [2.24, 2.45) is 5.92 Å². The number of nitrogens with zero attached hydrogens (tertiary/aromatic N) is 1. The van der Waals surface area contributed by atoms with Crippen LogP contribution in [0.3, 0.4) is 0 Å². The quantitative estimate of drug-likeness (QED) is 0.649. The number of amides is 1. The molecule has 2 N–H and O–H groups in total. The van der Waals surface area contributed by atoms with E-state index in [1.54, 1.807) is 0 Å². The normalized spacial score (nSPS) is 16.9. The molecule has 152 valence electrons. The number of aliphatic hydroxyl groups is 1. The molecule has 4 nitrogen and oxygen atoms in total. The number of unbranched alkanes of at least 4 members (excludes halogenated alkanes) is 2. The molecule has 3 rings (SSSR count). The van der Waals surface area contributed by atoms with Crippen molar-refractivity contribution in [1.82, 2.24) is 10.2 Å². The third-order valence-electron chi connectivity index (χ3n) is 5.79. The van der Waals surface area contributed by atoms with Gasteiger partial charge in [-0.25, -0.2) is 0 Å². The van der Waals surface area contributed by atoms with Gasteiger partial charge >= 0.3 is 0 Å². The van der Waals surface area contributed by atoms with Crippen molar-refractivity contribution in [3.8, 4) is 0 Å². The molecule has 1 aliphatic rings. The van der Waals surface area contributed by atoms with Gasteiger partial charge < -0.3 is 15.3 Å². The van der Waals surface area contributed by atoms with Crippen molar-refractivity contribution in [2.75, 3.05) is 26.2 Å². The molecule has 2 aromatic carbocycles. The average Bonchev–Trinajstić information content (AvgIpc) is 2.71.